The van der Waals surface area contributed by atoms with E-state index in [1.165, 1.54) is 5.56 Å². The van der Waals surface area contributed by atoms with Crippen molar-refractivity contribution in [3.8, 4) is 5.75 Å². The largest absolute Gasteiger partial charge is 0.496 e. The molecule has 0 saturated heterocycles. The number of hydrogen-bond acceptors (Lipinski definition) is 3. The van der Waals surface area contributed by atoms with Crippen LogP contribution in [0.1, 0.15) is 30.5 Å². The molecule has 0 heterocycles. The number of hydrogen-bond donors (Lipinski definition) is 2. The molecule has 3 nitrogen and oxygen atoms in total. The molecule has 1 aromatic rings. The zero-order chi connectivity index (χ0) is 13.1. The molecule has 96 valence electrons. The Kier molecular flexibility index (Phi) is 4.54. The minimum Gasteiger partial charge on any atom is -0.496 e. The smallest absolute Gasteiger partial charge is 0.124 e. The summed E-state index contributed by atoms with van der Waals surface area (Å²) in [5, 5.41) is 12.5. The lowest BCUT2D eigenvalue weighted by Crippen LogP contribution is -2.42. The third-order valence-corrected chi connectivity index (χ3v) is 2.89. The Hall–Kier alpha value is -1.06. The van der Waals surface area contributed by atoms with Gasteiger partial charge in [0.05, 0.1) is 13.7 Å². The molecule has 0 aliphatic heterocycles. The van der Waals surface area contributed by atoms with Crippen LogP contribution >= 0.6 is 0 Å². The minimum absolute atomic E-state index is 0.126. The maximum absolute atomic E-state index is 9.18. The molecule has 3 heteroatoms. The molecule has 1 aromatic carbocycles. The molecule has 0 bridgehead atoms. The average Bonchev–Trinajstić information content (AvgIpc) is 2.26. The van der Waals surface area contributed by atoms with E-state index in [1.807, 2.05) is 27.7 Å². The van der Waals surface area contributed by atoms with Crippen LogP contribution < -0.4 is 10.1 Å². The zero-order valence-electron chi connectivity index (χ0n) is 11.4. The lowest BCUT2D eigenvalue weighted by Gasteiger charge is -2.24. The molecule has 0 aliphatic carbocycles. The van der Waals surface area contributed by atoms with Crippen molar-refractivity contribution in [2.24, 2.45) is 0 Å². The number of aliphatic hydroxyl groups is 1. The van der Waals surface area contributed by atoms with Gasteiger partial charge in [0.25, 0.3) is 0 Å². The summed E-state index contributed by atoms with van der Waals surface area (Å²) in [4.78, 5) is 0. The summed E-state index contributed by atoms with van der Waals surface area (Å²) in [6.07, 6.45) is 0. The predicted octanol–water partition coefficient (Wildman–Crippen LogP) is 2.17. The molecule has 17 heavy (non-hydrogen) atoms. The molecule has 0 aromatic heterocycles. The molecular formula is C14H23NO2. The second-order valence-electron chi connectivity index (χ2n) is 5.16. The van der Waals surface area contributed by atoms with Gasteiger partial charge in [-0.2, -0.15) is 0 Å². The summed E-state index contributed by atoms with van der Waals surface area (Å²) in [6, 6.07) is 4.23. The van der Waals surface area contributed by atoms with Crippen LogP contribution in [0.5, 0.6) is 5.75 Å². The highest BCUT2D eigenvalue weighted by Crippen LogP contribution is 2.24. The molecule has 0 aliphatic rings. The topological polar surface area (TPSA) is 41.5 Å². The molecule has 0 fully saturated rings. The van der Waals surface area contributed by atoms with Crippen molar-refractivity contribution in [1.82, 2.24) is 5.32 Å². The maximum atomic E-state index is 9.18. The van der Waals surface area contributed by atoms with Crippen LogP contribution in [0.2, 0.25) is 0 Å². The second kappa shape index (κ2) is 5.52. The normalized spacial score (nSPS) is 11.6. The van der Waals surface area contributed by atoms with Gasteiger partial charge in [-0.3, -0.25) is 0 Å². The van der Waals surface area contributed by atoms with E-state index in [-0.39, 0.29) is 12.1 Å². The Morgan fingerprint density at radius 1 is 1.24 bits per heavy atom. The van der Waals surface area contributed by atoms with E-state index < -0.39 is 0 Å². The minimum atomic E-state index is -0.248. The van der Waals surface area contributed by atoms with Crippen molar-refractivity contribution >= 4 is 0 Å². The zero-order valence-corrected chi connectivity index (χ0v) is 11.4. The fourth-order valence-corrected chi connectivity index (χ4v) is 1.86. The third-order valence-electron chi connectivity index (χ3n) is 2.89. The SMILES string of the molecule is COc1c(C)cc(CNC(C)(C)CO)cc1C. The van der Waals surface area contributed by atoms with Gasteiger partial charge in [0.1, 0.15) is 5.75 Å². The van der Waals surface area contributed by atoms with Crippen molar-refractivity contribution in [3.63, 3.8) is 0 Å². The van der Waals surface area contributed by atoms with Gasteiger partial charge in [-0.25, -0.2) is 0 Å². The van der Waals surface area contributed by atoms with Crippen molar-refractivity contribution in [2.45, 2.75) is 39.8 Å². The van der Waals surface area contributed by atoms with E-state index in [9.17, 15) is 5.11 Å². The second-order valence-corrected chi connectivity index (χ2v) is 5.16. The van der Waals surface area contributed by atoms with Gasteiger partial charge in [0.15, 0.2) is 0 Å². The van der Waals surface area contributed by atoms with E-state index in [2.05, 4.69) is 17.4 Å². The summed E-state index contributed by atoms with van der Waals surface area (Å²) in [5.74, 6) is 0.954. The highest BCUT2D eigenvalue weighted by molar-refractivity contribution is 5.43. The molecule has 0 atom stereocenters. The van der Waals surface area contributed by atoms with Crippen LogP contribution in [0.4, 0.5) is 0 Å². The highest BCUT2D eigenvalue weighted by atomic mass is 16.5. The van der Waals surface area contributed by atoms with Crippen LogP contribution in [0.25, 0.3) is 0 Å². The van der Waals surface area contributed by atoms with Crippen LogP contribution in [0, 0.1) is 13.8 Å². The number of nitrogens with one attached hydrogen (secondary N) is 1. The van der Waals surface area contributed by atoms with Gasteiger partial charge >= 0.3 is 0 Å². The predicted molar refractivity (Wildman–Crippen MR) is 70.5 cm³/mol. The van der Waals surface area contributed by atoms with Crippen LogP contribution in [-0.2, 0) is 6.54 Å². The standard InChI is InChI=1S/C14H23NO2/c1-10-6-12(7-11(2)13(10)17-5)8-15-14(3,4)9-16/h6-7,15-16H,8-9H2,1-5H3. The van der Waals surface area contributed by atoms with Gasteiger partial charge in [0, 0.05) is 12.1 Å². The van der Waals surface area contributed by atoms with E-state index in [1.54, 1.807) is 7.11 Å². The quantitative estimate of drug-likeness (QED) is 0.824. The first-order valence-electron chi connectivity index (χ1n) is 5.89. The molecule has 2 N–H and O–H groups in total. The first-order valence-corrected chi connectivity index (χ1v) is 5.89. The van der Waals surface area contributed by atoms with Gasteiger partial charge in [0.2, 0.25) is 0 Å². The fourth-order valence-electron chi connectivity index (χ4n) is 1.86. The fraction of sp³-hybridized carbons (Fsp3) is 0.571. The van der Waals surface area contributed by atoms with E-state index >= 15 is 0 Å². The van der Waals surface area contributed by atoms with Gasteiger partial charge < -0.3 is 15.2 Å². The Balaban J connectivity index is 2.80. The van der Waals surface area contributed by atoms with Crippen LogP contribution in [0.15, 0.2) is 12.1 Å². The maximum Gasteiger partial charge on any atom is 0.124 e. The number of aryl methyl sites for hydroxylation is 2. The Bertz CT molecular complexity index is 363. The van der Waals surface area contributed by atoms with Crippen LogP contribution in [0.3, 0.4) is 0 Å². The van der Waals surface area contributed by atoms with E-state index in [0.717, 1.165) is 23.4 Å². The molecule has 0 unspecified atom stereocenters. The van der Waals surface area contributed by atoms with Gasteiger partial charge in [-0.05, 0) is 44.4 Å². The summed E-state index contributed by atoms with van der Waals surface area (Å²) in [7, 11) is 1.70. The van der Waals surface area contributed by atoms with E-state index in [0.29, 0.717) is 0 Å². The van der Waals surface area contributed by atoms with Crippen molar-refractivity contribution in [1.29, 1.82) is 0 Å². The lowest BCUT2D eigenvalue weighted by molar-refractivity contribution is 0.187. The summed E-state index contributed by atoms with van der Waals surface area (Å²) < 4.78 is 5.34. The Labute approximate surface area is 104 Å². The molecule has 0 spiro atoms. The molecule has 0 radical (unpaired) electrons. The molecule has 1 rings (SSSR count). The van der Waals surface area contributed by atoms with Crippen LogP contribution in [-0.4, -0.2) is 24.4 Å². The first kappa shape index (κ1) is 14.0. The lowest BCUT2D eigenvalue weighted by atomic mass is 10.0. The summed E-state index contributed by atoms with van der Waals surface area (Å²) in [6.45, 7) is 8.94. The van der Waals surface area contributed by atoms with E-state index in [4.69, 9.17) is 4.74 Å². The monoisotopic (exact) mass is 237 g/mol. The summed E-state index contributed by atoms with van der Waals surface area (Å²) >= 11 is 0. The number of benzene rings is 1. The molecular weight excluding hydrogens is 214 g/mol. The van der Waals surface area contributed by atoms with Crippen molar-refractivity contribution in [2.75, 3.05) is 13.7 Å². The molecule has 0 amide bonds. The average molecular weight is 237 g/mol. The Morgan fingerprint density at radius 2 is 1.76 bits per heavy atom. The number of methoxy groups -OCH3 is 1. The summed E-state index contributed by atoms with van der Waals surface area (Å²) in [5.41, 5.74) is 3.25. The van der Waals surface area contributed by atoms with Gasteiger partial charge in [-0.15, -0.1) is 0 Å². The third kappa shape index (κ3) is 3.72. The van der Waals surface area contributed by atoms with Crippen molar-refractivity contribution < 1.29 is 9.84 Å². The number of aliphatic hydroxyl groups excluding tert-OH is 1. The molecule has 0 saturated carbocycles. The first-order chi connectivity index (χ1) is 7.89. The number of rotatable bonds is 5. The number of ether oxygens (including phenoxy) is 1. The van der Waals surface area contributed by atoms with Gasteiger partial charge in [-0.1, -0.05) is 12.1 Å². The Morgan fingerprint density at radius 3 is 2.18 bits per heavy atom. The highest BCUT2D eigenvalue weighted by Gasteiger charge is 2.15. The van der Waals surface area contributed by atoms with Crippen molar-refractivity contribution in [3.05, 3.63) is 28.8 Å².